The Kier molecular flexibility index (Phi) is 4.10. The van der Waals surface area contributed by atoms with E-state index in [1.807, 2.05) is 18.2 Å². The molecule has 0 radical (unpaired) electrons. The Morgan fingerprint density at radius 3 is 3.00 bits per heavy atom. The van der Waals surface area contributed by atoms with Crippen LogP contribution in [0.5, 0.6) is 11.5 Å². The summed E-state index contributed by atoms with van der Waals surface area (Å²) in [7, 11) is 0. The molecule has 0 unspecified atom stereocenters. The molecule has 1 aliphatic rings. The zero-order chi connectivity index (χ0) is 14.7. The molecule has 0 saturated carbocycles. The van der Waals surface area contributed by atoms with Gasteiger partial charge < -0.3 is 20.1 Å². The van der Waals surface area contributed by atoms with Crippen molar-refractivity contribution in [2.75, 3.05) is 24.0 Å². The Morgan fingerprint density at radius 1 is 1.29 bits per heavy atom. The monoisotopic (exact) mass is 350 g/mol. The van der Waals surface area contributed by atoms with E-state index in [1.54, 1.807) is 6.20 Å². The Labute approximate surface area is 131 Å². The van der Waals surface area contributed by atoms with Gasteiger partial charge in [-0.2, -0.15) is 4.98 Å². The van der Waals surface area contributed by atoms with Gasteiger partial charge in [-0.3, -0.25) is 0 Å². The topological polar surface area (TPSA) is 68.3 Å². The third kappa shape index (κ3) is 3.18. The molecule has 110 valence electrons. The summed E-state index contributed by atoms with van der Waals surface area (Å²) in [6.07, 6.45) is 2.74. The van der Waals surface area contributed by atoms with Crippen LogP contribution in [-0.2, 0) is 0 Å². The zero-order valence-corrected chi connectivity index (χ0v) is 13.1. The highest BCUT2D eigenvalue weighted by Crippen LogP contribution is 2.35. The summed E-state index contributed by atoms with van der Waals surface area (Å²) in [5.74, 6) is 2.79. The van der Waals surface area contributed by atoms with Crippen LogP contribution in [0.15, 0.2) is 28.9 Å². The van der Waals surface area contributed by atoms with Gasteiger partial charge in [0.15, 0.2) is 11.5 Å². The molecule has 1 aliphatic heterocycles. The second kappa shape index (κ2) is 6.17. The predicted molar refractivity (Wildman–Crippen MR) is 84.4 cm³/mol. The minimum absolute atomic E-state index is 0.265. The van der Waals surface area contributed by atoms with Crippen LogP contribution in [0.25, 0.3) is 0 Å². The van der Waals surface area contributed by atoms with E-state index in [0.717, 1.165) is 34.6 Å². The lowest BCUT2D eigenvalue weighted by molar-refractivity contribution is 0.174. The number of anilines is 3. The minimum Gasteiger partial charge on any atom is -0.454 e. The molecular formula is C14H15BrN4O2. The first-order valence-corrected chi connectivity index (χ1v) is 7.48. The second-order valence-corrected chi connectivity index (χ2v) is 5.36. The molecule has 0 fully saturated rings. The Morgan fingerprint density at radius 2 is 2.14 bits per heavy atom. The molecule has 0 bridgehead atoms. The average molecular weight is 351 g/mol. The first-order chi connectivity index (χ1) is 10.3. The third-order valence-electron chi connectivity index (χ3n) is 2.91. The molecule has 0 spiro atoms. The molecule has 0 amide bonds. The Bertz CT molecular complexity index is 651. The number of aromatic nitrogens is 2. The van der Waals surface area contributed by atoms with Crippen molar-refractivity contribution in [3.05, 3.63) is 28.9 Å². The fraction of sp³-hybridized carbons (Fsp3) is 0.286. The van der Waals surface area contributed by atoms with E-state index in [0.29, 0.717) is 11.8 Å². The van der Waals surface area contributed by atoms with Crippen LogP contribution in [0, 0.1) is 0 Å². The number of rotatable bonds is 5. The smallest absolute Gasteiger partial charge is 0.231 e. The molecule has 0 atom stereocenters. The van der Waals surface area contributed by atoms with E-state index in [4.69, 9.17) is 9.47 Å². The third-order valence-corrected chi connectivity index (χ3v) is 3.49. The molecule has 2 N–H and O–H groups in total. The molecule has 7 heteroatoms. The fourth-order valence-corrected chi connectivity index (χ4v) is 2.18. The lowest BCUT2D eigenvalue weighted by Crippen LogP contribution is -2.06. The van der Waals surface area contributed by atoms with Crippen molar-refractivity contribution in [1.82, 2.24) is 9.97 Å². The van der Waals surface area contributed by atoms with E-state index in [1.165, 1.54) is 0 Å². The Balaban J connectivity index is 1.80. The van der Waals surface area contributed by atoms with Gasteiger partial charge in [0.05, 0.1) is 4.47 Å². The lowest BCUT2D eigenvalue weighted by atomic mass is 10.3. The number of hydrogen-bond acceptors (Lipinski definition) is 6. The van der Waals surface area contributed by atoms with Gasteiger partial charge in [0, 0.05) is 24.5 Å². The van der Waals surface area contributed by atoms with Crippen LogP contribution in [0.4, 0.5) is 17.5 Å². The summed E-state index contributed by atoms with van der Waals surface area (Å²) in [6.45, 7) is 3.20. The van der Waals surface area contributed by atoms with Crippen LogP contribution in [0.2, 0.25) is 0 Å². The largest absolute Gasteiger partial charge is 0.454 e. The summed E-state index contributed by atoms with van der Waals surface area (Å²) in [5, 5.41) is 6.41. The second-order valence-electron chi connectivity index (χ2n) is 4.51. The zero-order valence-electron chi connectivity index (χ0n) is 11.5. The van der Waals surface area contributed by atoms with Crippen molar-refractivity contribution in [2.45, 2.75) is 13.3 Å². The number of ether oxygens (including phenoxy) is 2. The highest BCUT2D eigenvalue weighted by atomic mass is 79.9. The maximum Gasteiger partial charge on any atom is 0.231 e. The van der Waals surface area contributed by atoms with Gasteiger partial charge in [-0.15, -0.1) is 0 Å². The number of nitrogens with one attached hydrogen (secondary N) is 2. The van der Waals surface area contributed by atoms with E-state index in [2.05, 4.69) is 43.5 Å². The number of nitrogens with zero attached hydrogens (tertiary/aromatic N) is 2. The van der Waals surface area contributed by atoms with Crippen molar-refractivity contribution in [3.63, 3.8) is 0 Å². The van der Waals surface area contributed by atoms with E-state index < -0.39 is 0 Å². The molecule has 1 aromatic carbocycles. The van der Waals surface area contributed by atoms with E-state index in [-0.39, 0.29) is 6.79 Å². The summed E-state index contributed by atoms with van der Waals surface area (Å²) < 4.78 is 11.5. The normalized spacial score (nSPS) is 12.3. The van der Waals surface area contributed by atoms with Gasteiger partial charge in [-0.25, -0.2) is 4.98 Å². The molecule has 6 nitrogen and oxygen atoms in total. The lowest BCUT2D eigenvalue weighted by Gasteiger charge is -2.10. The van der Waals surface area contributed by atoms with Crippen molar-refractivity contribution in [1.29, 1.82) is 0 Å². The number of hydrogen-bond donors (Lipinski definition) is 2. The van der Waals surface area contributed by atoms with Gasteiger partial charge >= 0.3 is 0 Å². The number of benzene rings is 1. The molecule has 3 rings (SSSR count). The summed E-state index contributed by atoms with van der Waals surface area (Å²) in [4.78, 5) is 8.67. The van der Waals surface area contributed by atoms with Gasteiger partial charge in [0.1, 0.15) is 5.82 Å². The molecular weight excluding hydrogens is 336 g/mol. The van der Waals surface area contributed by atoms with Gasteiger partial charge in [0.25, 0.3) is 0 Å². The van der Waals surface area contributed by atoms with E-state index >= 15 is 0 Å². The summed E-state index contributed by atoms with van der Waals surface area (Å²) in [5.41, 5.74) is 0.875. The minimum atomic E-state index is 0.265. The molecule has 0 aliphatic carbocycles. The number of fused-ring (bicyclic) bond motifs is 1. The van der Waals surface area contributed by atoms with Crippen molar-refractivity contribution >= 4 is 33.4 Å². The molecule has 2 heterocycles. The SMILES string of the molecule is CCCNc1ncc(Br)c(Nc2ccc3c(c2)OCO3)n1. The maximum absolute atomic E-state index is 5.36. The Hall–Kier alpha value is -2.02. The summed E-state index contributed by atoms with van der Waals surface area (Å²) in [6, 6.07) is 5.67. The van der Waals surface area contributed by atoms with Crippen LogP contribution < -0.4 is 20.1 Å². The van der Waals surface area contributed by atoms with Crippen molar-refractivity contribution in [3.8, 4) is 11.5 Å². The van der Waals surface area contributed by atoms with Crippen LogP contribution >= 0.6 is 15.9 Å². The van der Waals surface area contributed by atoms with Crippen LogP contribution in [-0.4, -0.2) is 23.3 Å². The predicted octanol–water partition coefficient (Wildman–Crippen LogP) is 3.53. The van der Waals surface area contributed by atoms with Gasteiger partial charge in [-0.1, -0.05) is 6.92 Å². The molecule has 21 heavy (non-hydrogen) atoms. The van der Waals surface area contributed by atoms with Gasteiger partial charge in [-0.05, 0) is 34.5 Å². The fourth-order valence-electron chi connectivity index (χ4n) is 1.89. The van der Waals surface area contributed by atoms with Crippen LogP contribution in [0.1, 0.15) is 13.3 Å². The first kappa shape index (κ1) is 13.9. The maximum atomic E-state index is 5.36. The van der Waals surface area contributed by atoms with Crippen molar-refractivity contribution < 1.29 is 9.47 Å². The molecule has 0 saturated heterocycles. The highest BCUT2D eigenvalue weighted by molar-refractivity contribution is 9.10. The average Bonchev–Trinajstić information content (AvgIpc) is 2.95. The first-order valence-electron chi connectivity index (χ1n) is 6.69. The van der Waals surface area contributed by atoms with Crippen LogP contribution in [0.3, 0.4) is 0 Å². The molecule has 2 aromatic rings. The summed E-state index contributed by atoms with van der Waals surface area (Å²) >= 11 is 3.45. The highest BCUT2D eigenvalue weighted by Gasteiger charge is 2.14. The van der Waals surface area contributed by atoms with Crippen molar-refractivity contribution in [2.24, 2.45) is 0 Å². The number of halogens is 1. The standard InChI is InChI=1S/C14H15BrN4O2/c1-2-5-16-14-17-7-10(15)13(19-14)18-9-3-4-11-12(6-9)21-8-20-11/h3-4,6-7H,2,5,8H2,1H3,(H2,16,17,18,19). The van der Waals surface area contributed by atoms with Gasteiger partial charge in [0.2, 0.25) is 12.7 Å². The molecule has 1 aromatic heterocycles. The quantitative estimate of drug-likeness (QED) is 0.859. The van der Waals surface area contributed by atoms with E-state index in [9.17, 15) is 0 Å².